The maximum Gasteiger partial charge on any atom is 0.344 e. The largest absolute Gasteiger partial charge is 0.481 e. The number of carbonyl (C=O) groups excluding carboxylic acids is 3. The number of nitrogens with one attached hydrogen (secondary N) is 1. The first-order chi connectivity index (χ1) is 14.3. The molecular weight excluding hydrogens is 450 g/mol. The SMILES string of the molecule is CC(=O)c1cccc(NC(=O)C(C)OC(=O)COc2ccc3ccccc3c2Br)c1. The molecule has 0 aliphatic carbocycles. The van der Waals surface area contributed by atoms with E-state index in [0.717, 1.165) is 15.2 Å². The molecule has 0 radical (unpaired) electrons. The van der Waals surface area contributed by atoms with Gasteiger partial charge in [0.05, 0.1) is 4.47 Å². The fraction of sp³-hybridized carbons (Fsp3) is 0.174. The monoisotopic (exact) mass is 469 g/mol. The number of carbonyl (C=O) groups is 3. The van der Waals surface area contributed by atoms with Gasteiger partial charge in [0.15, 0.2) is 18.5 Å². The lowest BCUT2D eigenvalue weighted by Crippen LogP contribution is -2.31. The fourth-order valence-electron chi connectivity index (χ4n) is 2.81. The molecule has 1 unspecified atom stereocenters. The predicted molar refractivity (Wildman–Crippen MR) is 118 cm³/mol. The van der Waals surface area contributed by atoms with Crippen molar-refractivity contribution >= 4 is 50.0 Å². The van der Waals surface area contributed by atoms with Crippen molar-refractivity contribution in [1.29, 1.82) is 0 Å². The van der Waals surface area contributed by atoms with Gasteiger partial charge in [0.25, 0.3) is 5.91 Å². The number of anilines is 1. The number of esters is 1. The number of ether oxygens (including phenoxy) is 2. The van der Waals surface area contributed by atoms with Crippen LogP contribution in [0.25, 0.3) is 10.8 Å². The van der Waals surface area contributed by atoms with Crippen LogP contribution < -0.4 is 10.1 Å². The molecule has 0 bridgehead atoms. The highest BCUT2D eigenvalue weighted by atomic mass is 79.9. The van der Waals surface area contributed by atoms with Crippen LogP contribution in [0.4, 0.5) is 5.69 Å². The third kappa shape index (κ3) is 5.24. The van der Waals surface area contributed by atoms with Crippen LogP contribution in [0.5, 0.6) is 5.75 Å². The minimum atomic E-state index is -1.03. The number of halogens is 1. The Kier molecular flexibility index (Phi) is 6.84. The Morgan fingerprint density at radius 1 is 1.03 bits per heavy atom. The molecule has 6 nitrogen and oxygen atoms in total. The molecule has 1 amide bonds. The first kappa shape index (κ1) is 21.5. The second kappa shape index (κ2) is 9.54. The summed E-state index contributed by atoms with van der Waals surface area (Å²) in [6, 6.07) is 18.0. The number of fused-ring (bicyclic) bond motifs is 1. The molecule has 0 aliphatic rings. The van der Waals surface area contributed by atoms with E-state index in [2.05, 4.69) is 21.2 Å². The van der Waals surface area contributed by atoms with Gasteiger partial charge in [-0.1, -0.05) is 42.5 Å². The van der Waals surface area contributed by atoms with Crippen molar-refractivity contribution in [2.45, 2.75) is 20.0 Å². The molecule has 0 aliphatic heterocycles. The highest BCUT2D eigenvalue weighted by Crippen LogP contribution is 2.33. The minimum absolute atomic E-state index is 0.109. The first-order valence-corrected chi connectivity index (χ1v) is 10.1. The molecule has 0 aromatic heterocycles. The molecule has 0 saturated carbocycles. The highest BCUT2D eigenvalue weighted by molar-refractivity contribution is 9.10. The molecule has 1 N–H and O–H groups in total. The van der Waals surface area contributed by atoms with Crippen molar-refractivity contribution in [2.75, 3.05) is 11.9 Å². The first-order valence-electron chi connectivity index (χ1n) is 9.26. The Morgan fingerprint density at radius 3 is 2.57 bits per heavy atom. The number of ketones is 1. The van der Waals surface area contributed by atoms with Gasteiger partial charge in [-0.2, -0.15) is 0 Å². The summed E-state index contributed by atoms with van der Waals surface area (Å²) in [5.41, 5.74) is 0.929. The van der Waals surface area contributed by atoms with Crippen LogP contribution in [0, 0.1) is 0 Å². The second-order valence-corrected chi connectivity index (χ2v) is 7.44. The van der Waals surface area contributed by atoms with Gasteiger partial charge < -0.3 is 14.8 Å². The fourth-order valence-corrected chi connectivity index (χ4v) is 3.41. The number of Topliss-reactive ketones (excluding diaryl/α,β-unsaturated/α-hetero) is 1. The number of amides is 1. The molecule has 3 aromatic carbocycles. The molecular formula is C23H20BrNO5. The lowest BCUT2D eigenvalue weighted by atomic mass is 10.1. The lowest BCUT2D eigenvalue weighted by Gasteiger charge is -2.15. The normalized spacial score (nSPS) is 11.6. The van der Waals surface area contributed by atoms with Crippen LogP contribution in [-0.4, -0.2) is 30.4 Å². The van der Waals surface area contributed by atoms with E-state index in [1.54, 1.807) is 30.3 Å². The van der Waals surface area contributed by atoms with Gasteiger partial charge in [-0.3, -0.25) is 9.59 Å². The van der Waals surface area contributed by atoms with E-state index in [1.807, 2.05) is 30.3 Å². The summed E-state index contributed by atoms with van der Waals surface area (Å²) in [7, 11) is 0. The van der Waals surface area contributed by atoms with Gasteiger partial charge in [0.2, 0.25) is 0 Å². The Labute approximate surface area is 182 Å². The molecule has 3 aromatic rings. The second-order valence-electron chi connectivity index (χ2n) is 6.65. The summed E-state index contributed by atoms with van der Waals surface area (Å²) in [5.74, 6) is -0.780. The van der Waals surface area contributed by atoms with Gasteiger partial charge in [-0.05, 0) is 58.7 Å². The van der Waals surface area contributed by atoms with Crippen LogP contribution in [0.15, 0.2) is 65.1 Å². The Bertz CT molecular complexity index is 1110. The highest BCUT2D eigenvalue weighted by Gasteiger charge is 2.19. The Hall–Kier alpha value is -3.19. The summed E-state index contributed by atoms with van der Waals surface area (Å²) in [4.78, 5) is 35.8. The van der Waals surface area contributed by atoms with Gasteiger partial charge in [-0.25, -0.2) is 4.79 Å². The molecule has 30 heavy (non-hydrogen) atoms. The Balaban J connectivity index is 1.55. The third-order valence-corrected chi connectivity index (χ3v) is 5.21. The lowest BCUT2D eigenvalue weighted by molar-refractivity contribution is -0.155. The average Bonchev–Trinajstić information content (AvgIpc) is 2.73. The van der Waals surface area contributed by atoms with Crippen LogP contribution in [0.2, 0.25) is 0 Å². The number of hydrogen-bond donors (Lipinski definition) is 1. The van der Waals surface area contributed by atoms with E-state index in [0.29, 0.717) is 17.0 Å². The number of benzene rings is 3. The smallest absolute Gasteiger partial charge is 0.344 e. The van der Waals surface area contributed by atoms with E-state index < -0.39 is 18.0 Å². The zero-order valence-electron chi connectivity index (χ0n) is 16.5. The van der Waals surface area contributed by atoms with Crippen molar-refractivity contribution in [2.24, 2.45) is 0 Å². The molecule has 154 valence electrons. The number of hydrogen-bond acceptors (Lipinski definition) is 5. The van der Waals surface area contributed by atoms with Crippen molar-refractivity contribution in [1.82, 2.24) is 0 Å². The van der Waals surface area contributed by atoms with E-state index in [1.165, 1.54) is 13.8 Å². The molecule has 1 atom stereocenters. The van der Waals surface area contributed by atoms with Crippen molar-refractivity contribution < 1.29 is 23.9 Å². The van der Waals surface area contributed by atoms with Gasteiger partial charge in [0.1, 0.15) is 5.75 Å². The third-order valence-electron chi connectivity index (χ3n) is 4.39. The van der Waals surface area contributed by atoms with Crippen LogP contribution in [-0.2, 0) is 14.3 Å². The van der Waals surface area contributed by atoms with Crippen LogP contribution >= 0.6 is 15.9 Å². The molecule has 0 heterocycles. The maximum atomic E-state index is 12.3. The van der Waals surface area contributed by atoms with E-state index in [9.17, 15) is 14.4 Å². The zero-order chi connectivity index (χ0) is 21.7. The average molecular weight is 470 g/mol. The molecule has 7 heteroatoms. The topological polar surface area (TPSA) is 81.7 Å². The quantitative estimate of drug-likeness (QED) is 0.398. The summed E-state index contributed by atoms with van der Waals surface area (Å²) in [6.45, 7) is 2.57. The summed E-state index contributed by atoms with van der Waals surface area (Å²) >= 11 is 3.49. The van der Waals surface area contributed by atoms with Crippen LogP contribution in [0.1, 0.15) is 24.2 Å². The summed E-state index contributed by atoms with van der Waals surface area (Å²) in [5, 5.41) is 4.63. The summed E-state index contributed by atoms with van der Waals surface area (Å²) < 4.78 is 11.5. The van der Waals surface area contributed by atoms with E-state index in [4.69, 9.17) is 9.47 Å². The van der Waals surface area contributed by atoms with Gasteiger partial charge in [-0.15, -0.1) is 0 Å². The zero-order valence-corrected chi connectivity index (χ0v) is 18.1. The predicted octanol–water partition coefficient (Wildman–Crippen LogP) is 4.75. The maximum absolute atomic E-state index is 12.3. The van der Waals surface area contributed by atoms with E-state index in [-0.39, 0.29) is 12.4 Å². The van der Waals surface area contributed by atoms with Gasteiger partial charge >= 0.3 is 5.97 Å². The Morgan fingerprint density at radius 2 is 1.80 bits per heavy atom. The molecule has 0 spiro atoms. The van der Waals surface area contributed by atoms with Crippen molar-refractivity contribution in [3.8, 4) is 5.75 Å². The van der Waals surface area contributed by atoms with Gasteiger partial charge in [0, 0.05) is 11.3 Å². The van der Waals surface area contributed by atoms with Crippen molar-refractivity contribution in [3.05, 3.63) is 70.7 Å². The molecule has 0 fully saturated rings. The van der Waals surface area contributed by atoms with Crippen molar-refractivity contribution in [3.63, 3.8) is 0 Å². The summed E-state index contributed by atoms with van der Waals surface area (Å²) in [6.07, 6.45) is -1.03. The van der Waals surface area contributed by atoms with Crippen LogP contribution in [0.3, 0.4) is 0 Å². The molecule has 3 rings (SSSR count). The minimum Gasteiger partial charge on any atom is -0.481 e. The standard InChI is InChI=1S/C23H20BrNO5/c1-14(26)17-7-5-8-18(12-17)25-23(28)15(2)30-21(27)13-29-20-11-10-16-6-3-4-9-19(16)22(20)24/h3-12,15H,13H2,1-2H3,(H,25,28). The number of rotatable bonds is 7. The molecule has 0 saturated heterocycles. The van der Waals surface area contributed by atoms with E-state index >= 15 is 0 Å².